The predicted molar refractivity (Wildman–Crippen MR) is 52.9 cm³/mol. The number of rotatable bonds is 5. The van der Waals surface area contributed by atoms with Crippen LogP contribution in [-0.2, 0) is 6.42 Å². The number of hydrogen-bond donors (Lipinski definition) is 1. The van der Waals surface area contributed by atoms with Crippen molar-refractivity contribution >= 4 is 0 Å². The van der Waals surface area contributed by atoms with E-state index in [2.05, 4.69) is 10.1 Å². The summed E-state index contributed by atoms with van der Waals surface area (Å²) in [6.45, 7) is 2.02. The van der Waals surface area contributed by atoms with Crippen LogP contribution in [0.5, 0.6) is 0 Å². The third-order valence-corrected chi connectivity index (χ3v) is 2.48. The summed E-state index contributed by atoms with van der Waals surface area (Å²) in [7, 11) is 0. The fraction of sp³-hybridized carbons (Fsp3) is 0.800. The average molecular weight is 195 g/mol. The fourth-order valence-corrected chi connectivity index (χ4v) is 1.45. The van der Waals surface area contributed by atoms with Gasteiger partial charge in [-0.15, -0.1) is 0 Å². The largest absolute Gasteiger partial charge is 0.339 e. The zero-order valence-corrected chi connectivity index (χ0v) is 8.57. The maximum absolute atomic E-state index is 5.65. The zero-order valence-electron chi connectivity index (χ0n) is 8.57. The summed E-state index contributed by atoms with van der Waals surface area (Å²) in [6, 6.07) is 0.265. The second-order valence-corrected chi connectivity index (χ2v) is 4.19. The summed E-state index contributed by atoms with van der Waals surface area (Å²) in [4.78, 5) is 4.35. The Labute approximate surface area is 83.9 Å². The Morgan fingerprint density at radius 1 is 1.57 bits per heavy atom. The fourth-order valence-electron chi connectivity index (χ4n) is 1.45. The van der Waals surface area contributed by atoms with Crippen molar-refractivity contribution in [2.45, 2.75) is 51.0 Å². The third kappa shape index (κ3) is 2.54. The Hall–Kier alpha value is -0.900. The minimum atomic E-state index is 0.265. The molecule has 1 heterocycles. The van der Waals surface area contributed by atoms with E-state index in [0.717, 1.165) is 31.0 Å². The minimum Gasteiger partial charge on any atom is -0.339 e. The summed E-state index contributed by atoms with van der Waals surface area (Å²) in [6.07, 6.45) is 5.35. The summed E-state index contributed by atoms with van der Waals surface area (Å²) >= 11 is 0. The summed E-state index contributed by atoms with van der Waals surface area (Å²) in [5.41, 5.74) is 5.65. The molecule has 0 spiro atoms. The molecule has 0 saturated heterocycles. The van der Waals surface area contributed by atoms with Crippen molar-refractivity contribution in [3.8, 4) is 0 Å². The SMILES string of the molecule is CC(N)CCCc1nc(C2CC2)no1. The molecule has 1 unspecified atom stereocenters. The Balaban J connectivity index is 1.78. The van der Waals surface area contributed by atoms with Gasteiger partial charge in [0.15, 0.2) is 5.82 Å². The van der Waals surface area contributed by atoms with E-state index in [4.69, 9.17) is 10.3 Å². The van der Waals surface area contributed by atoms with Crippen molar-refractivity contribution in [2.75, 3.05) is 0 Å². The summed E-state index contributed by atoms with van der Waals surface area (Å²) in [5.74, 6) is 2.26. The third-order valence-electron chi connectivity index (χ3n) is 2.48. The molecule has 0 amide bonds. The second kappa shape index (κ2) is 4.09. The first-order valence-electron chi connectivity index (χ1n) is 5.34. The topological polar surface area (TPSA) is 64.9 Å². The van der Waals surface area contributed by atoms with Crippen molar-refractivity contribution in [3.63, 3.8) is 0 Å². The van der Waals surface area contributed by atoms with E-state index in [1.54, 1.807) is 0 Å². The molecule has 4 heteroatoms. The molecule has 2 rings (SSSR count). The van der Waals surface area contributed by atoms with Crippen LogP contribution in [0.2, 0.25) is 0 Å². The molecule has 14 heavy (non-hydrogen) atoms. The zero-order chi connectivity index (χ0) is 9.97. The van der Waals surface area contributed by atoms with Crippen LogP contribution in [0.25, 0.3) is 0 Å². The Bertz CT molecular complexity index is 291. The van der Waals surface area contributed by atoms with Crippen molar-refractivity contribution in [1.29, 1.82) is 0 Å². The molecule has 1 fully saturated rings. The Morgan fingerprint density at radius 2 is 2.36 bits per heavy atom. The molecule has 1 aliphatic rings. The number of aromatic nitrogens is 2. The molecule has 0 aromatic carbocycles. The molecule has 0 bridgehead atoms. The highest BCUT2D eigenvalue weighted by Gasteiger charge is 2.28. The number of aryl methyl sites for hydroxylation is 1. The van der Waals surface area contributed by atoms with Crippen LogP contribution >= 0.6 is 0 Å². The highest BCUT2D eigenvalue weighted by Crippen LogP contribution is 2.38. The normalized spacial score (nSPS) is 18.4. The van der Waals surface area contributed by atoms with Gasteiger partial charge in [0.1, 0.15) is 0 Å². The first-order valence-corrected chi connectivity index (χ1v) is 5.34. The van der Waals surface area contributed by atoms with Crippen LogP contribution in [0.15, 0.2) is 4.52 Å². The van der Waals surface area contributed by atoms with Gasteiger partial charge in [-0.1, -0.05) is 5.16 Å². The molecule has 1 aliphatic carbocycles. The number of nitrogens with zero attached hydrogens (tertiary/aromatic N) is 2. The molecule has 4 nitrogen and oxygen atoms in total. The van der Waals surface area contributed by atoms with Crippen LogP contribution in [-0.4, -0.2) is 16.2 Å². The van der Waals surface area contributed by atoms with Gasteiger partial charge < -0.3 is 10.3 Å². The van der Waals surface area contributed by atoms with Crippen LogP contribution in [0.3, 0.4) is 0 Å². The van der Waals surface area contributed by atoms with Gasteiger partial charge in [-0.2, -0.15) is 4.98 Å². The lowest BCUT2D eigenvalue weighted by atomic mass is 10.1. The van der Waals surface area contributed by atoms with E-state index in [1.165, 1.54) is 12.8 Å². The Kier molecular flexibility index (Phi) is 2.82. The predicted octanol–water partition coefficient (Wildman–Crippen LogP) is 1.62. The van der Waals surface area contributed by atoms with Crippen molar-refractivity contribution in [1.82, 2.24) is 10.1 Å². The van der Waals surface area contributed by atoms with E-state index in [-0.39, 0.29) is 6.04 Å². The highest BCUT2D eigenvalue weighted by molar-refractivity contribution is 5.03. The van der Waals surface area contributed by atoms with Gasteiger partial charge in [0, 0.05) is 18.4 Å². The van der Waals surface area contributed by atoms with Crippen LogP contribution < -0.4 is 5.73 Å². The van der Waals surface area contributed by atoms with Crippen LogP contribution in [0.4, 0.5) is 0 Å². The van der Waals surface area contributed by atoms with E-state index in [9.17, 15) is 0 Å². The van der Waals surface area contributed by atoms with E-state index < -0.39 is 0 Å². The number of nitrogens with two attached hydrogens (primary N) is 1. The molecule has 1 aromatic heterocycles. The molecule has 0 radical (unpaired) electrons. The van der Waals surface area contributed by atoms with Crippen LogP contribution in [0, 0.1) is 0 Å². The lowest BCUT2D eigenvalue weighted by Gasteiger charge is -2.00. The van der Waals surface area contributed by atoms with Crippen molar-refractivity contribution < 1.29 is 4.52 Å². The lowest BCUT2D eigenvalue weighted by molar-refractivity contribution is 0.368. The maximum Gasteiger partial charge on any atom is 0.226 e. The van der Waals surface area contributed by atoms with Crippen molar-refractivity contribution in [3.05, 3.63) is 11.7 Å². The molecule has 78 valence electrons. The highest BCUT2D eigenvalue weighted by atomic mass is 16.5. The van der Waals surface area contributed by atoms with Gasteiger partial charge in [0.05, 0.1) is 0 Å². The van der Waals surface area contributed by atoms with E-state index in [1.807, 2.05) is 6.92 Å². The van der Waals surface area contributed by atoms with E-state index >= 15 is 0 Å². The molecule has 1 saturated carbocycles. The molecule has 0 aliphatic heterocycles. The lowest BCUT2D eigenvalue weighted by Crippen LogP contribution is -2.14. The molecular formula is C10H17N3O. The number of hydrogen-bond acceptors (Lipinski definition) is 4. The first-order chi connectivity index (χ1) is 6.75. The average Bonchev–Trinajstić information content (AvgIpc) is 2.87. The van der Waals surface area contributed by atoms with Gasteiger partial charge in [0.25, 0.3) is 0 Å². The maximum atomic E-state index is 5.65. The van der Waals surface area contributed by atoms with Gasteiger partial charge in [0.2, 0.25) is 5.89 Å². The molecule has 2 N–H and O–H groups in total. The smallest absolute Gasteiger partial charge is 0.226 e. The van der Waals surface area contributed by atoms with E-state index in [0.29, 0.717) is 5.92 Å². The van der Waals surface area contributed by atoms with Gasteiger partial charge in [-0.05, 0) is 32.6 Å². The summed E-state index contributed by atoms with van der Waals surface area (Å²) in [5, 5.41) is 3.96. The monoisotopic (exact) mass is 195 g/mol. The molecule has 1 atom stereocenters. The second-order valence-electron chi connectivity index (χ2n) is 4.19. The van der Waals surface area contributed by atoms with Gasteiger partial charge in [-0.3, -0.25) is 0 Å². The Morgan fingerprint density at radius 3 is 3.00 bits per heavy atom. The van der Waals surface area contributed by atoms with Crippen molar-refractivity contribution in [2.24, 2.45) is 5.73 Å². The van der Waals surface area contributed by atoms with Crippen LogP contribution in [0.1, 0.15) is 50.2 Å². The molecule has 1 aromatic rings. The quantitative estimate of drug-likeness (QED) is 0.775. The van der Waals surface area contributed by atoms with Gasteiger partial charge in [-0.25, -0.2) is 0 Å². The minimum absolute atomic E-state index is 0.265. The van der Waals surface area contributed by atoms with Gasteiger partial charge >= 0.3 is 0 Å². The molecular weight excluding hydrogens is 178 g/mol. The standard InChI is InChI=1S/C10H17N3O/c1-7(11)3-2-4-9-12-10(13-14-9)8-5-6-8/h7-8H,2-6,11H2,1H3. The summed E-state index contributed by atoms with van der Waals surface area (Å²) < 4.78 is 5.15. The first kappa shape index (κ1) is 9.65.